The van der Waals surface area contributed by atoms with Crippen LogP contribution in [0.2, 0.25) is 0 Å². The number of nitrogens with zero attached hydrogens (tertiary/aromatic N) is 2. The number of rotatable bonds is 4. The van der Waals surface area contributed by atoms with E-state index in [9.17, 15) is 19.8 Å². The maximum Gasteiger partial charge on any atom is 0.449 e. The molecule has 3 rings (SSSR count). The van der Waals surface area contributed by atoms with Crippen molar-refractivity contribution < 1.29 is 28.4 Å². The number of aromatic nitrogens is 1. The minimum atomic E-state index is -3.84. The second kappa shape index (κ2) is 8.15. The first-order chi connectivity index (χ1) is 14.7. The molecule has 2 aromatic rings. The average Bonchev–Trinajstić information content (AvgIpc) is 2.63. The van der Waals surface area contributed by atoms with Crippen LogP contribution in [0.15, 0.2) is 24.3 Å². The molecule has 0 unspecified atom stereocenters. The summed E-state index contributed by atoms with van der Waals surface area (Å²) in [6.07, 6.45) is 0.505. The molecule has 1 aromatic heterocycles. The van der Waals surface area contributed by atoms with Crippen molar-refractivity contribution >= 4 is 24.9 Å². The van der Waals surface area contributed by atoms with Gasteiger partial charge >= 0.3 is 13.9 Å². The SMILES string of the molecule is COC(=O)c1c(C)nc(C)c([P+]2(O)OC(C)(C)CC(C)(C)O2)c1-c1ccccc1[N+](=O)[O-]. The van der Waals surface area contributed by atoms with Gasteiger partial charge in [-0.15, -0.1) is 0 Å². The molecule has 0 saturated carbocycles. The lowest BCUT2D eigenvalue weighted by atomic mass is 9.93. The highest BCUT2D eigenvalue weighted by Gasteiger charge is 2.61. The van der Waals surface area contributed by atoms with Crippen LogP contribution in [0.5, 0.6) is 0 Å². The maximum absolute atomic E-state index is 12.8. The van der Waals surface area contributed by atoms with Gasteiger partial charge in [0.05, 0.1) is 40.1 Å². The molecule has 1 aliphatic heterocycles. The van der Waals surface area contributed by atoms with Gasteiger partial charge in [-0.05, 0) is 47.6 Å². The first kappa shape index (κ1) is 24.2. The predicted octanol–water partition coefficient (Wildman–Crippen LogP) is 4.43. The van der Waals surface area contributed by atoms with Gasteiger partial charge in [-0.3, -0.25) is 15.1 Å². The van der Waals surface area contributed by atoms with E-state index in [0.717, 1.165) is 0 Å². The summed E-state index contributed by atoms with van der Waals surface area (Å²) in [4.78, 5) is 40.4. The molecule has 0 spiro atoms. The van der Waals surface area contributed by atoms with Crippen molar-refractivity contribution in [3.05, 3.63) is 51.3 Å². The summed E-state index contributed by atoms with van der Waals surface area (Å²) in [6, 6.07) is 6.01. The van der Waals surface area contributed by atoms with Crippen LogP contribution in [0.3, 0.4) is 0 Å². The van der Waals surface area contributed by atoms with Crippen LogP contribution in [0.25, 0.3) is 11.1 Å². The minimum Gasteiger partial charge on any atom is -0.465 e. The Balaban J connectivity index is 2.48. The van der Waals surface area contributed by atoms with Crippen molar-refractivity contribution in [2.24, 2.45) is 0 Å². The van der Waals surface area contributed by atoms with E-state index < -0.39 is 30.0 Å². The molecule has 1 aliphatic rings. The van der Waals surface area contributed by atoms with Gasteiger partial charge in [-0.2, -0.15) is 13.9 Å². The molecule has 1 aromatic carbocycles. The molecule has 1 saturated heterocycles. The number of ether oxygens (including phenoxy) is 1. The van der Waals surface area contributed by atoms with Crippen LogP contribution >= 0.6 is 7.94 Å². The molecule has 1 N–H and O–H groups in total. The molecule has 9 nitrogen and oxygen atoms in total. The van der Waals surface area contributed by atoms with Gasteiger partial charge < -0.3 is 4.74 Å². The molecule has 0 bridgehead atoms. The monoisotopic (exact) mass is 463 g/mol. The molecular weight excluding hydrogens is 435 g/mol. The second-order valence-electron chi connectivity index (χ2n) is 9.05. The summed E-state index contributed by atoms with van der Waals surface area (Å²) in [5.41, 5.74) is -0.780. The van der Waals surface area contributed by atoms with Gasteiger partial charge in [0.1, 0.15) is 11.2 Å². The molecule has 2 heterocycles. The topological polar surface area (TPSA) is 121 Å². The zero-order chi connectivity index (χ0) is 24.1. The van der Waals surface area contributed by atoms with Crippen LogP contribution in [0.1, 0.15) is 55.9 Å². The van der Waals surface area contributed by atoms with E-state index in [2.05, 4.69) is 4.98 Å². The third-order valence-corrected chi connectivity index (χ3v) is 7.76. The number of esters is 1. The number of para-hydroxylation sites is 1. The molecule has 0 radical (unpaired) electrons. The summed E-state index contributed by atoms with van der Waals surface area (Å²) in [5, 5.41) is 12.0. The van der Waals surface area contributed by atoms with Gasteiger partial charge in [0.15, 0.2) is 0 Å². The van der Waals surface area contributed by atoms with Gasteiger partial charge in [0, 0.05) is 12.5 Å². The number of aryl methyl sites for hydroxylation is 2. The smallest absolute Gasteiger partial charge is 0.449 e. The van der Waals surface area contributed by atoms with E-state index >= 15 is 0 Å². The number of pyridine rings is 1. The summed E-state index contributed by atoms with van der Waals surface area (Å²) in [6.45, 7) is 10.6. The van der Waals surface area contributed by atoms with E-state index in [1.54, 1.807) is 19.9 Å². The fourth-order valence-corrected chi connectivity index (χ4v) is 7.18. The largest absolute Gasteiger partial charge is 0.465 e. The highest BCUT2D eigenvalue weighted by molar-refractivity contribution is 7.69. The Labute approximate surface area is 187 Å². The molecule has 172 valence electrons. The fraction of sp³-hybridized carbons (Fsp3) is 0.455. The predicted molar refractivity (Wildman–Crippen MR) is 121 cm³/mol. The number of carbonyl (C=O) groups is 1. The number of benzene rings is 1. The Bertz CT molecular complexity index is 1080. The molecule has 10 heteroatoms. The number of hydrogen-bond donors (Lipinski definition) is 1. The van der Waals surface area contributed by atoms with Crippen molar-refractivity contribution in [1.82, 2.24) is 4.98 Å². The van der Waals surface area contributed by atoms with E-state index in [0.29, 0.717) is 17.8 Å². The van der Waals surface area contributed by atoms with E-state index in [1.807, 2.05) is 27.7 Å². The lowest BCUT2D eigenvalue weighted by Crippen LogP contribution is -2.46. The Hall–Kier alpha value is -2.45. The second-order valence-corrected chi connectivity index (χ2v) is 10.9. The molecular formula is C22H28N2O7P+. The Kier molecular flexibility index (Phi) is 6.17. The van der Waals surface area contributed by atoms with Crippen molar-refractivity contribution in [1.29, 1.82) is 0 Å². The minimum absolute atomic E-state index is 0.0178. The lowest BCUT2D eigenvalue weighted by Gasteiger charge is -2.41. The van der Waals surface area contributed by atoms with Crippen molar-refractivity contribution in [3.63, 3.8) is 0 Å². The molecule has 1 fully saturated rings. The zero-order valence-electron chi connectivity index (χ0n) is 19.3. The number of carbonyl (C=O) groups excluding carboxylic acids is 1. The van der Waals surface area contributed by atoms with E-state index in [4.69, 9.17) is 13.8 Å². The maximum atomic E-state index is 12.8. The Morgan fingerprint density at radius 3 is 2.25 bits per heavy atom. The normalized spacial score (nSPS) is 18.8. The molecule has 32 heavy (non-hydrogen) atoms. The fourth-order valence-electron chi connectivity index (χ4n) is 4.51. The summed E-state index contributed by atoms with van der Waals surface area (Å²) in [5.74, 6) is -0.730. The van der Waals surface area contributed by atoms with Crippen molar-refractivity contribution in [2.75, 3.05) is 7.11 Å². The highest BCUT2D eigenvalue weighted by Crippen LogP contribution is 2.67. The van der Waals surface area contributed by atoms with Gasteiger partial charge in [0.2, 0.25) is 5.30 Å². The summed E-state index contributed by atoms with van der Waals surface area (Å²) in [7, 11) is -2.62. The summed E-state index contributed by atoms with van der Waals surface area (Å²) < 4.78 is 17.2. The van der Waals surface area contributed by atoms with E-state index in [-0.39, 0.29) is 27.7 Å². The standard InChI is InChI=1S/C22H28N2O7P/c1-13-17(20(25)29-7)18(15-10-8-9-11-16(15)24(26)27)19(14(2)23-13)32(28)30-21(3,4)12-22(5,6)31-32/h8-11,28H,12H2,1-7H3/q+1. The third kappa shape index (κ3) is 4.38. The quantitative estimate of drug-likeness (QED) is 0.306. The van der Waals surface area contributed by atoms with Gasteiger partial charge in [0.25, 0.3) is 5.69 Å². The van der Waals surface area contributed by atoms with Crippen molar-refractivity contribution in [3.8, 4) is 11.1 Å². The molecule has 0 aliphatic carbocycles. The number of nitro benzene ring substituents is 1. The van der Waals surface area contributed by atoms with Crippen LogP contribution < -0.4 is 5.30 Å². The first-order valence-electron chi connectivity index (χ1n) is 10.1. The van der Waals surface area contributed by atoms with Crippen LogP contribution in [0, 0.1) is 24.0 Å². The van der Waals surface area contributed by atoms with Gasteiger partial charge in [-0.1, -0.05) is 12.1 Å². The number of hydrogen-bond acceptors (Lipinski definition) is 8. The average molecular weight is 463 g/mol. The lowest BCUT2D eigenvalue weighted by molar-refractivity contribution is -0.384. The summed E-state index contributed by atoms with van der Waals surface area (Å²) >= 11 is 0. The Morgan fingerprint density at radius 2 is 1.72 bits per heavy atom. The number of nitro groups is 1. The van der Waals surface area contributed by atoms with Crippen LogP contribution in [-0.4, -0.2) is 39.1 Å². The van der Waals surface area contributed by atoms with Crippen LogP contribution in [0.4, 0.5) is 5.69 Å². The molecule has 0 amide bonds. The number of methoxy groups -OCH3 is 1. The van der Waals surface area contributed by atoms with Gasteiger partial charge in [-0.25, -0.2) is 4.79 Å². The van der Waals surface area contributed by atoms with Crippen molar-refractivity contribution in [2.45, 2.75) is 59.2 Å². The van der Waals surface area contributed by atoms with Crippen LogP contribution in [-0.2, 0) is 13.8 Å². The first-order valence-corrected chi connectivity index (χ1v) is 11.7. The molecule has 0 atom stereocenters. The van der Waals surface area contributed by atoms with E-state index in [1.165, 1.54) is 25.3 Å². The third-order valence-electron chi connectivity index (χ3n) is 5.16. The highest BCUT2D eigenvalue weighted by atomic mass is 31.2. The zero-order valence-corrected chi connectivity index (χ0v) is 20.1. The Morgan fingerprint density at radius 1 is 1.16 bits per heavy atom.